The Morgan fingerprint density at radius 1 is 1.09 bits per heavy atom. The van der Waals surface area contributed by atoms with Gasteiger partial charge in [0.1, 0.15) is 5.75 Å². The van der Waals surface area contributed by atoms with E-state index in [0.717, 1.165) is 29.1 Å². The van der Waals surface area contributed by atoms with Gasteiger partial charge in [0.25, 0.3) is 0 Å². The maximum absolute atomic E-state index is 5.25. The van der Waals surface area contributed by atoms with Crippen molar-refractivity contribution in [3.05, 3.63) is 60.2 Å². The number of methoxy groups -OCH3 is 1. The van der Waals surface area contributed by atoms with Gasteiger partial charge in [-0.05, 0) is 48.5 Å². The zero-order valence-electron chi connectivity index (χ0n) is 12.7. The average Bonchev–Trinajstić information content (AvgIpc) is 2.57. The van der Waals surface area contributed by atoms with Crippen LogP contribution in [-0.4, -0.2) is 17.9 Å². The molecule has 0 unspecified atom stereocenters. The summed E-state index contributed by atoms with van der Waals surface area (Å²) in [5, 5.41) is 7.91. The van der Waals surface area contributed by atoms with E-state index in [1.807, 2.05) is 54.6 Å². The fourth-order valence-electron chi connectivity index (χ4n) is 1.93. The predicted octanol–water partition coefficient (Wildman–Crippen LogP) is 3.80. The molecule has 22 heavy (non-hydrogen) atoms. The van der Waals surface area contributed by atoms with Crippen LogP contribution in [-0.2, 0) is 0 Å². The van der Waals surface area contributed by atoms with Gasteiger partial charge >= 0.3 is 0 Å². The van der Waals surface area contributed by atoms with Gasteiger partial charge in [0.2, 0.25) is 0 Å². The third-order valence-corrected chi connectivity index (χ3v) is 3.28. The number of ether oxygens (including phenoxy) is 1. The molecule has 4 nitrogen and oxygen atoms in total. The SMILES string of the molecule is CC/C(=N/NC(=S)Nc1ccc(OC)cc1)c1ccccc1. The van der Waals surface area contributed by atoms with E-state index in [4.69, 9.17) is 17.0 Å². The maximum atomic E-state index is 5.25. The molecule has 0 heterocycles. The van der Waals surface area contributed by atoms with Crippen LogP contribution in [0.1, 0.15) is 18.9 Å². The Morgan fingerprint density at radius 2 is 1.77 bits per heavy atom. The van der Waals surface area contributed by atoms with Gasteiger partial charge in [-0.3, -0.25) is 5.43 Å². The van der Waals surface area contributed by atoms with Crippen molar-refractivity contribution in [2.24, 2.45) is 5.10 Å². The molecule has 2 aromatic rings. The molecule has 0 fully saturated rings. The van der Waals surface area contributed by atoms with Crippen molar-refractivity contribution in [3.63, 3.8) is 0 Å². The lowest BCUT2D eigenvalue weighted by Crippen LogP contribution is -2.25. The largest absolute Gasteiger partial charge is 0.497 e. The summed E-state index contributed by atoms with van der Waals surface area (Å²) >= 11 is 5.25. The second-order valence-corrected chi connectivity index (χ2v) is 4.98. The Balaban J connectivity index is 1.97. The molecule has 0 saturated heterocycles. The number of hydrogen-bond acceptors (Lipinski definition) is 3. The molecular weight excluding hydrogens is 294 g/mol. The van der Waals surface area contributed by atoms with Crippen LogP contribution in [0.25, 0.3) is 0 Å². The van der Waals surface area contributed by atoms with E-state index >= 15 is 0 Å². The van der Waals surface area contributed by atoms with Gasteiger partial charge in [-0.2, -0.15) is 5.10 Å². The number of thiocarbonyl (C=S) groups is 1. The lowest BCUT2D eigenvalue weighted by atomic mass is 10.1. The first kappa shape index (κ1) is 16.0. The van der Waals surface area contributed by atoms with Crippen LogP contribution >= 0.6 is 12.2 Å². The normalized spacial score (nSPS) is 10.9. The predicted molar refractivity (Wildman–Crippen MR) is 95.6 cm³/mol. The Morgan fingerprint density at radius 3 is 2.36 bits per heavy atom. The van der Waals surface area contributed by atoms with E-state index in [0.29, 0.717) is 5.11 Å². The number of nitrogens with zero attached hydrogens (tertiary/aromatic N) is 1. The minimum absolute atomic E-state index is 0.451. The van der Waals surface area contributed by atoms with E-state index < -0.39 is 0 Å². The van der Waals surface area contributed by atoms with Crippen LogP contribution in [0, 0.1) is 0 Å². The minimum atomic E-state index is 0.451. The van der Waals surface area contributed by atoms with Crippen LogP contribution in [0.15, 0.2) is 59.7 Å². The van der Waals surface area contributed by atoms with Gasteiger partial charge in [0.15, 0.2) is 5.11 Å². The summed E-state index contributed by atoms with van der Waals surface area (Å²) < 4.78 is 5.12. The Kier molecular flexibility index (Phi) is 5.91. The van der Waals surface area contributed by atoms with Crippen molar-refractivity contribution in [3.8, 4) is 5.75 Å². The lowest BCUT2D eigenvalue weighted by Gasteiger charge is -2.09. The van der Waals surface area contributed by atoms with Crippen molar-refractivity contribution in [2.45, 2.75) is 13.3 Å². The molecule has 0 saturated carbocycles. The highest BCUT2D eigenvalue weighted by molar-refractivity contribution is 7.80. The Bertz CT molecular complexity index is 639. The maximum Gasteiger partial charge on any atom is 0.191 e. The highest BCUT2D eigenvalue weighted by atomic mass is 32.1. The highest BCUT2D eigenvalue weighted by Gasteiger charge is 2.01. The lowest BCUT2D eigenvalue weighted by molar-refractivity contribution is 0.415. The molecule has 114 valence electrons. The van der Waals surface area contributed by atoms with Crippen LogP contribution in [0.2, 0.25) is 0 Å². The van der Waals surface area contributed by atoms with Crippen molar-refractivity contribution >= 4 is 28.7 Å². The molecule has 2 N–H and O–H groups in total. The number of anilines is 1. The Hall–Kier alpha value is -2.40. The molecule has 0 bridgehead atoms. The second-order valence-electron chi connectivity index (χ2n) is 4.57. The molecule has 2 rings (SSSR count). The van der Waals surface area contributed by atoms with Crippen LogP contribution in [0.5, 0.6) is 5.75 Å². The highest BCUT2D eigenvalue weighted by Crippen LogP contribution is 2.14. The molecule has 0 aliphatic heterocycles. The van der Waals surface area contributed by atoms with E-state index in [-0.39, 0.29) is 0 Å². The Labute approximate surface area is 136 Å². The van der Waals surface area contributed by atoms with Crippen molar-refractivity contribution in [1.29, 1.82) is 0 Å². The van der Waals surface area contributed by atoms with E-state index in [2.05, 4.69) is 22.8 Å². The molecule has 5 heteroatoms. The third-order valence-electron chi connectivity index (χ3n) is 3.08. The van der Waals surface area contributed by atoms with Crippen LogP contribution < -0.4 is 15.5 Å². The molecular formula is C17H19N3OS. The van der Waals surface area contributed by atoms with E-state index in [1.54, 1.807) is 7.11 Å². The standard InChI is InChI=1S/C17H19N3OS/c1-3-16(13-7-5-4-6-8-13)19-20-17(22)18-14-9-11-15(21-2)12-10-14/h4-12H,3H2,1-2H3,(H2,18,20,22)/b19-16-. The molecule has 0 spiro atoms. The number of nitrogens with one attached hydrogen (secondary N) is 2. The summed E-state index contributed by atoms with van der Waals surface area (Å²) in [6.45, 7) is 2.06. The van der Waals surface area contributed by atoms with Gasteiger partial charge < -0.3 is 10.1 Å². The van der Waals surface area contributed by atoms with Gasteiger partial charge in [-0.1, -0.05) is 37.3 Å². The number of benzene rings is 2. The van der Waals surface area contributed by atoms with Crippen LogP contribution in [0.3, 0.4) is 0 Å². The number of hydrazone groups is 1. The molecule has 0 atom stereocenters. The number of rotatable bonds is 5. The van der Waals surface area contributed by atoms with Crippen LogP contribution in [0.4, 0.5) is 5.69 Å². The van der Waals surface area contributed by atoms with Gasteiger partial charge in [0, 0.05) is 5.69 Å². The quantitative estimate of drug-likeness (QED) is 0.501. The molecule has 0 radical (unpaired) electrons. The van der Waals surface area contributed by atoms with Crippen molar-refractivity contribution in [1.82, 2.24) is 5.43 Å². The summed E-state index contributed by atoms with van der Waals surface area (Å²) in [5.41, 5.74) is 5.81. The fraction of sp³-hybridized carbons (Fsp3) is 0.176. The fourth-order valence-corrected chi connectivity index (χ4v) is 2.09. The van der Waals surface area contributed by atoms with Crippen molar-refractivity contribution < 1.29 is 4.74 Å². The van der Waals surface area contributed by atoms with Gasteiger partial charge in [-0.15, -0.1) is 0 Å². The zero-order valence-corrected chi connectivity index (χ0v) is 13.5. The van der Waals surface area contributed by atoms with E-state index in [1.165, 1.54) is 0 Å². The zero-order chi connectivity index (χ0) is 15.8. The van der Waals surface area contributed by atoms with Gasteiger partial charge in [-0.25, -0.2) is 0 Å². The first-order chi connectivity index (χ1) is 10.7. The van der Waals surface area contributed by atoms with Gasteiger partial charge in [0.05, 0.1) is 12.8 Å². The molecule has 0 aliphatic carbocycles. The molecule has 2 aromatic carbocycles. The summed E-state index contributed by atoms with van der Waals surface area (Å²) in [6, 6.07) is 17.6. The first-order valence-electron chi connectivity index (χ1n) is 7.06. The van der Waals surface area contributed by atoms with Crippen molar-refractivity contribution in [2.75, 3.05) is 12.4 Å². The topological polar surface area (TPSA) is 45.7 Å². The smallest absolute Gasteiger partial charge is 0.191 e. The third kappa shape index (κ3) is 4.56. The average molecular weight is 313 g/mol. The molecule has 0 aromatic heterocycles. The van der Waals surface area contributed by atoms with E-state index in [9.17, 15) is 0 Å². The minimum Gasteiger partial charge on any atom is -0.497 e. The summed E-state index contributed by atoms with van der Waals surface area (Å²) in [5.74, 6) is 0.805. The molecule has 0 aliphatic rings. The summed E-state index contributed by atoms with van der Waals surface area (Å²) in [4.78, 5) is 0. The molecule has 0 amide bonds. The number of hydrogen-bond donors (Lipinski definition) is 2. The first-order valence-corrected chi connectivity index (χ1v) is 7.46. The monoisotopic (exact) mass is 313 g/mol. The second kappa shape index (κ2) is 8.14. The summed E-state index contributed by atoms with van der Waals surface area (Å²) in [7, 11) is 1.64. The summed E-state index contributed by atoms with van der Waals surface area (Å²) in [6.07, 6.45) is 0.822.